The number of nitro groups is 1. The second-order valence-corrected chi connectivity index (χ2v) is 4.59. The van der Waals surface area contributed by atoms with E-state index in [0.717, 1.165) is 0 Å². The van der Waals surface area contributed by atoms with Gasteiger partial charge in [0.05, 0.1) is 21.6 Å². The summed E-state index contributed by atoms with van der Waals surface area (Å²) in [6.07, 6.45) is 0. The zero-order valence-electron chi connectivity index (χ0n) is 11.4. The first-order valence-corrected chi connectivity index (χ1v) is 6.68. The lowest BCUT2D eigenvalue weighted by Gasteiger charge is -2.09. The molecule has 0 bridgehead atoms. The van der Waals surface area contributed by atoms with Crippen molar-refractivity contribution in [2.45, 2.75) is 0 Å². The summed E-state index contributed by atoms with van der Waals surface area (Å²) in [4.78, 5) is 10.3. The molecule has 0 heterocycles. The highest BCUT2D eigenvalue weighted by atomic mass is 35.5. The van der Waals surface area contributed by atoms with E-state index in [1.54, 1.807) is 24.3 Å². The highest BCUT2D eigenvalue weighted by Gasteiger charge is 2.13. The molecule has 22 heavy (non-hydrogen) atoms. The minimum Gasteiger partial charge on any atom is -0.488 e. The van der Waals surface area contributed by atoms with E-state index in [-0.39, 0.29) is 24.7 Å². The summed E-state index contributed by atoms with van der Waals surface area (Å²) in [5, 5.41) is 19.9. The zero-order valence-corrected chi connectivity index (χ0v) is 12.1. The molecule has 0 unspecified atom stereocenters. The molecule has 0 aliphatic heterocycles. The lowest BCUT2D eigenvalue weighted by Crippen LogP contribution is -2.10. The highest BCUT2D eigenvalue weighted by Crippen LogP contribution is 2.27. The van der Waals surface area contributed by atoms with Crippen molar-refractivity contribution in [2.24, 2.45) is 0 Å². The van der Waals surface area contributed by atoms with Gasteiger partial charge in [-0.3, -0.25) is 10.1 Å². The third-order valence-electron chi connectivity index (χ3n) is 2.72. The minimum atomic E-state index is -0.506. The van der Waals surface area contributed by atoms with Gasteiger partial charge in [-0.05, 0) is 24.3 Å². The fourth-order valence-electron chi connectivity index (χ4n) is 1.72. The monoisotopic (exact) mass is 318 g/mol. The van der Waals surface area contributed by atoms with Gasteiger partial charge in [0.15, 0.2) is 5.75 Å². The second kappa shape index (κ2) is 7.29. The Balaban J connectivity index is 1.90. The number of hydrogen-bond acceptors (Lipinski definition) is 5. The van der Waals surface area contributed by atoms with Crippen molar-refractivity contribution in [3.8, 4) is 17.6 Å². The van der Waals surface area contributed by atoms with E-state index in [1.165, 1.54) is 18.2 Å². The molecule has 112 valence electrons. The van der Waals surface area contributed by atoms with Gasteiger partial charge in [-0.25, -0.2) is 0 Å². The number of nitriles is 1. The third-order valence-corrected chi connectivity index (χ3v) is 3.02. The molecule has 0 aromatic heterocycles. The Bertz CT molecular complexity index is 728. The standard InChI is InChI=1S/C15H11ClN2O4/c16-12-9-11(10-17)5-6-14(12)21-7-8-22-15-4-2-1-3-13(15)18(19)20/h1-6,9H,7-8H2. The van der Waals surface area contributed by atoms with Gasteiger partial charge in [0.2, 0.25) is 0 Å². The first kappa shape index (κ1) is 15.6. The molecule has 2 rings (SSSR count). The van der Waals surface area contributed by atoms with Crippen molar-refractivity contribution in [2.75, 3.05) is 13.2 Å². The summed E-state index contributed by atoms with van der Waals surface area (Å²) < 4.78 is 10.8. The first-order valence-electron chi connectivity index (χ1n) is 6.30. The van der Waals surface area contributed by atoms with Crippen LogP contribution in [0, 0.1) is 21.4 Å². The molecular formula is C15H11ClN2O4. The Morgan fingerprint density at radius 3 is 2.45 bits per heavy atom. The molecule has 0 radical (unpaired) electrons. The van der Waals surface area contributed by atoms with Crippen LogP contribution in [0.1, 0.15) is 5.56 Å². The lowest BCUT2D eigenvalue weighted by atomic mass is 10.2. The van der Waals surface area contributed by atoms with Crippen LogP contribution in [0.5, 0.6) is 11.5 Å². The molecule has 2 aromatic carbocycles. The maximum absolute atomic E-state index is 10.8. The number of ether oxygens (including phenoxy) is 2. The van der Waals surface area contributed by atoms with E-state index in [9.17, 15) is 10.1 Å². The highest BCUT2D eigenvalue weighted by molar-refractivity contribution is 6.32. The Morgan fingerprint density at radius 2 is 1.82 bits per heavy atom. The molecule has 6 nitrogen and oxygen atoms in total. The molecule has 0 spiro atoms. The van der Waals surface area contributed by atoms with Gasteiger partial charge in [0.25, 0.3) is 0 Å². The van der Waals surface area contributed by atoms with Crippen LogP contribution in [-0.4, -0.2) is 18.1 Å². The Labute approximate surface area is 131 Å². The molecule has 0 aliphatic carbocycles. The maximum Gasteiger partial charge on any atom is 0.310 e. The molecule has 0 atom stereocenters. The van der Waals surface area contributed by atoms with E-state index in [0.29, 0.717) is 16.3 Å². The van der Waals surface area contributed by atoms with Crippen LogP contribution in [0.3, 0.4) is 0 Å². The van der Waals surface area contributed by atoms with E-state index >= 15 is 0 Å². The van der Waals surface area contributed by atoms with Gasteiger partial charge in [-0.15, -0.1) is 0 Å². The summed E-state index contributed by atoms with van der Waals surface area (Å²) in [5.41, 5.74) is 0.340. The van der Waals surface area contributed by atoms with Crippen molar-refractivity contribution in [1.82, 2.24) is 0 Å². The Morgan fingerprint density at radius 1 is 1.14 bits per heavy atom. The summed E-state index contributed by atoms with van der Waals surface area (Å²) >= 11 is 5.96. The van der Waals surface area contributed by atoms with Crippen molar-refractivity contribution in [3.05, 3.63) is 63.2 Å². The quantitative estimate of drug-likeness (QED) is 0.461. The topological polar surface area (TPSA) is 85.4 Å². The third kappa shape index (κ3) is 3.87. The maximum atomic E-state index is 10.8. The Hall–Kier alpha value is -2.78. The molecule has 0 amide bonds. The number of nitrogens with zero attached hydrogens (tertiary/aromatic N) is 2. The molecule has 0 fully saturated rings. The molecule has 0 saturated heterocycles. The van der Waals surface area contributed by atoms with Gasteiger partial charge in [0, 0.05) is 6.07 Å². The van der Waals surface area contributed by atoms with E-state index < -0.39 is 4.92 Å². The fourth-order valence-corrected chi connectivity index (χ4v) is 1.96. The molecule has 0 aliphatic rings. The Kier molecular flexibility index (Phi) is 5.17. The smallest absolute Gasteiger partial charge is 0.310 e. The largest absolute Gasteiger partial charge is 0.488 e. The van der Waals surface area contributed by atoms with Crippen molar-refractivity contribution in [3.63, 3.8) is 0 Å². The molecule has 2 aromatic rings. The van der Waals surface area contributed by atoms with Gasteiger partial charge < -0.3 is 9.47 Å². The van der Waals surface area contributed by atoms with Crippen LogP contribution >= 0.6 is 11.6 Å². The van der Waals surface area contributed by atoms with Crippen LogP contribution in [0.4, 0.5) is 5.69 Å². The summed E-state index contributed by atoms with van der Waals surface area (Å²) in [6, 6.07) is 12.8. The number of rotatable bonds is 6. The SMILES string of the molecule is N#Cc1ccc(OCCOc2ccccc2[N+](=O)[O-])c(Cl)c1. The molecule has 0 N–H and O–H groups in total. The molecule has 7 heteroatoms. The van der Waals surface area contributed by atoms with Crippen LogP contribution in [0.2, 0.25) is 5.02 Å². The number of benzene rings is 2. The fraction of sp³-hybridized carbons (Fsp3) is 0.133. The number of nitro benzene ring substituents is 1. The van der Waals surface area contributed by atoms with Crippen molar-refractivity contribution >= 4 is 17.3 Å². The van der Waals surface area contributed by atoms with Gasteiger partial charge in [-0.2, -0.15) is 5.26 Å². The lowest BCUT2D eigenvalue weighted by molar-refractivity contribution is -0.385. The summed E-state index contributed by atoms with van der Waals surface area (Å²) in [5.74, 6) is 0.605. The second-order valence-electron chi connectivity index (χ2n) is 4.18. The van der Waals surface area contributed by atoms with Gasteiger partial charge in [0.1, 0.15) is 19.0 Å². The average molecular weight is 319 g/mol. The van der Waals surface area contributed by atoms with E-state index in [1.807, 2.05) is 6.07 Å². The van der Waals surface area contributed by atoms with Gasteiger partial charge in [-0.1, -0.05) is 23.7 Å². The number of halogens is 1. The summed E-state index contributed by atoms with van der Waals surface area (Å²) in [7, 11) is 0. The molecule has 0 saturated carbocycles. The zero-order chi connectivity index (χ0) is 15.9. The van der Waals surface area contributed by atoms with Crippen LogP contribution in [-0.2, 0) is 0 Å². The van der Waals surface area contributed by atoms with Crippen molar-refractivity contribution < 1.29 is 14.4 Å². The predicted molar refractivity (Wildman–Crippen MR) is 80.3 cm³/mol. The van der Waals surface area contributed by atoms with Crippen LogP contribution < -0.4 is 9.47 Å². The predicted octanol–water partition coefficient (Wildman–Crippen LogP) is 3.58. The summed E-state index contributed by atoms with van der Waals surface area (Å²) in [6.45, 7) is 0.291. The number of para-hydroxylation sites is 2. The normalized spacial score (nSPS) is 9.82. The van der Waals surface area contributed by atoms with Gasteiger partial charge >= 0.3 is 5.69 Å². The number of hydrogen-bond donors (Lipinski definition) is 0. The van der Waals surface area contributed by atoms with Crippen LogP contribution in [0.25, 0.3) is 0 Å². The van der Waals surface area contributed by atoms with Crippen LogP contribution in [0.15, 0.2) is 42.5 Å². The van der Waals surface area contributed by atoms with Crippen molar-refractivity contribution in [1.29, 1.82) is 5.26 Å². The minimum absolute atomic E-state index is 0.0982. The first-order chi connectivity index (χ1) is 10.6. The van der Waals surface area contributed by atoms with E-state index in [4.69, 9.17) is 26.3 Å². The van der Waals surface area contributed by atoms with E-state index in [2.05, 4.69) is 0 Å². The average Bonchev–Trinajstić information content (AvgIpc) is 2.52. The molecular weight excluding hydrogens is 308 g/mol.